The van der Waals surface area contributed by atoms with Crippen molar-refractivity contribution in [3.05, 3.63) is 13.8 Å². The summed E-state index contributed by atoms with van der Waals surface area (Å²) in [5.74, 6) is -1.53. The third-order valence-corrected chi connectivity index (χ3v) is 3.12. The highest BCUT2D eigenvalue weighted by Gasteiger charge is 2.29. The highest BCUT2D eigenvalue weighted by molar-refractivity contribution is 14.1. The lowest BCUT2D eigenvalue weighted by atomic mass is 10.4. The summed E-state index contributed by atoms with van der Waals surface area (Å²) in [7, 11) is 0. The van der Waals surface area contributed by atoms with Crippen molar-refractivity contribution >= 4 is 39.9 Å². The van der Waals surface area contributed by atoms with Gasteiger partial charge in [0.25, 0.3) is 0 Å². The molecule has 0 radical (unpaired) electrons. The van der Waals surface area contributed by atoms with Crippen molar-refractivity contribution in [1.29, 1.82) is 0 Å². The first-order chi connectivity index (χ1) is 6.79. The van der Waals surface area contributed by atoms with Gasteiger partial charge >= 0.3 is 12.1 Å². The molecule has 0 saturated carbocycles. The minimum atomic E-state index is -4.47. The second kappa shape index (κ2) is 4.56. The molecule has 0 aliphatic rings. The van der Waals surface area contributed by atoms with Crippen molar-refractivity contribution in [2.24, 2.45) is 0 Å². The lowest BCUT2D eigenvalue weighted by Gasteiger charge is -2.07. The number of ether oxygens (including phenoxy) is 1. The van der Waals surface area contributed by atoms with Crippen LogP contribution >= 0.6 is 33.9 Å². The Morgan fingerprint density at radius 1 is 1.60 bits per heavy atom. The molecule has 8 heteroatoms. The summed E-state index contributed by atoms with van der Waals surface area (Å²) >= 11 is 2.68. The molecule has 1 N–H and O–H groups in total. The molecule has 0 fully saturated rings. The molecule has 0 aliphatic heterocycles. The Morgan fingerprint density at radius 2 is 2.20 bits per heavy atom. The largest absolute Gasteiger partial charge is 0.482 e. The minimum absolute atomic E-state index is 0.219. The molecule has 0 aliphatic carbocycles. The fourth-order valence-corrected chi connectivity index (χ4v) is 2.37. The normalized spacial score (nSPS) is 11.5. The third-order valence-electron chi connectivity index (χ3n) is 1.25. The van der Waals surface area contributed by atoms with Gasteiger partial charge in [0.2, 0.25) is 0 Å². The molecule has 0 spiro atoms. The zero-order chi connectivity index (χ0) is 11.6. The average Bonchev–Trinajstić information content (AvgIpc) is 2.42. The molecular weight excluding hydrogens is 348 g/mol. The Morgan fingerprint density at radius 3 is 2.67 bits per heavy atom. The maximum Gasteiger partial charge on any atom is 0.422 e. The quantitative estimate of drug-likeness (QED) is 0.851. The predicted octanol–water partition coefficient (Wildman–Crippen LogP) is 2.99. The van der Waals surface area contributed by atoms with Gasteiger partial charge in [-0.2, -0.15) is 13.2 Å². The molecule has 84 valence electrons. The Hall–Kier alpha value is -0.510. The van der Waals surface area contributed by atoms with Crippen molar-refractivity contribution in [3.63, 3.8) is 0 Å². The monoisotopic (exact) mass is 352 g/mol. The number of halogens is 4. The molecule has 0 atom stereocenters. The molecule has 15 heavy (non-hydrogen) atoms. The van der Waals surface area contributed by atoms with Gasteiger partial charge in [0.15, 0.2) is 11.5 Å². The van der Waals surface area contributed by atoms with Gasteiger partial charge in [0, 0.05) is 6.07 Å². The third kappa shape index (κ3) is 3.86. The first kappa shape index (κ1) is 12.6. The summed E-state index contributed by atoms with van der Waals surface area (Å²) in [5, 5.41) is 8.65. The molecule has 0 saturated heterocycles. The van der Waals surface area contributed by atoms with E-state index in [-0.39, 0.29) is 10.6 Å². The van der Waals surface area contributed by atoms with Crippen molar-refractivity contribution in [2.45, 2.75) is 6.18 Å². The number of aromatic carboxylic acids is 1. The number of thiophene rings is 1. The first-order valence-corrected chi connectivity index (χ1v) is 5.41. The van der Waals surface area contributed by atoms with Crippen LogP contribution in [0.5, 0.6) is 5.75 Å². The average molecular weight is 352 g/mol. The van der Waals surface area contributed by atoms with Gasteiger partial charge in [0.1, 0.15) is 5.75 Å². The van der Waals surface area contributed by atoms with Gasteiger partial charge in [-0.05, 0) is 22.6 Å². The van der Waals surface area contributed by atoms with E-state index in [0.717, 1.165) is 11.3 Å². The second-order valence-electron chi connectivity index (χ2n) is 2.45. The summed E-state index contributed by atoms with van der Waals surface area (Å²) in [6.07, 6.45) is -4.47. The Bertz CT molecular complexity index is 374. The SMILES string of the molecule is O=C(O)c1sc(I)cc1OCC(F)(F)F. The van der Waals surface area contributed by atoms with E-state index in [1.165, 1.54) is 6.07 Å². The van der Waals surface area contributed by atoms with Gasteiger partial charge in [-0.3, -0.25) is 0 Å². The Kier molecular flexibility index (Phi) is 3.82. The maximum absolute atomic E-state index is 11.8. The van der Waals surface area contributed by atoms with Crippen LogP contribution in [0.15, 0.2) is 6.07 Å². The summed E-state index contributed by atoms with van der Waals surface area (Å²) < 4.78 is 40.4. The number of hydrogen-bond acceptors (Lipinski definition) is 3. The molecule has 1 aromatic rings. The fraction of sp³-hybridized carbons (Fsp3) is 0.286. The lowest BCUT2D eigenvalue weighted by molar-refractivity contribution is -0.153. The van der Waals surface area contributed by atoms with Crippen LogP contribution in [0.1, 0.15) is 9.67 Å². The topological polar surface area (TPSA) is 46.5 Å². The zero-order valence-electron chi connectivity index (χ0n) is 6.97. The standard InChI is InChI=1S/C7H4F3IO3S/c8-7(9,10)2-14-3-1-4(11)15-5(3)6(12)13/h1H,2H2,(H,12,13). The number of carboxylic acid groups (broad SMARTS) is 1. The number of hydrogen-bond donors (Lipinski definition) is 1. The lowest BCUT2D eigenvalue weighted by Crippen LogP contribution is -2.19. The summed E-state index contributed by atoms with van der Waals surface area (Å²) in [4.78, 5) is 10.4. The number of carbonyl (C=O) groups is 1. The molecule has 1 rings (SSSR count). The van der Waals surface area contributed by atoms with E-state index in [1.807, 2.05) is 22.6 Å². The minimum Gasteiger partial charge on any atom is -0.482 e. The van der Waals surface area contributed by atoms with Crippen molar-refractivity contribution in [2.75, 3.05) is 6.61 Å². The van der Waals surface area contributed by atoms with E-state index >= 15 is 0 Å². The van der Waals surface area contributed by atoms with Gasteiger partial charge in [0.05, 0.1) is 2.88 Å². The van der Waals surface area contributed by atoms with E-state index in [4.69, 9.17) is 5.11 Å². The van der Waals surface area contributed by atoms with E-state index in [9.17, 15) is 18.0 Å². The second-order valence-corrected chi connectivity index (χ2v) is 5.40. The van der Waals surface area contributed by atoms with Gasteiger partial charge < -0.3 is 9.84 Å². The Labute approximate surface area is 100.0 Å². The van der Waals surface area contributed by atoms with E-state index in [1.54, 1.807) is 0 Å². The maximum atomic E-state index is 11.8. The molecule has 0 amide bonds. The number of alkyl halides is 3. The van der Waals surface area contributed by atoms with Crippen LogP contribution in [0.25, 0.3) is 0 Å². The molecule has 0 aromatic carbocycles. The van der Waals surface area contributed by atoms with Crippen LogP contribution in [0.3, 0.4) is 0 Å². The van der Waals surface area contributed by atoms with Crippen molar-refractivity contribution in [1.82, 2.24) is 0 Å². The van der Waals surface area contributed by atoms with Crippen LogP contribution in [0.2, 0.25) is 0 Å². The van der Waals surface area contributed by atoms with Crippen molar-refractivity contribution < 1.29 is 27.8 Å². The summed E-state index contributed by atoms with van der Waals surface area (Å²) in [5.41, 5.74) is 0. The van der Waals surface area contributed by atoms with Gasteiger partial charge in [-0.25, -0.2) is 4.79 Å². The van der Waals surface area contributed by atoms with Crippen LogP contribution < -0.4 is 4.74 Å². The van der Waals surface area contributed by atoms with Crippen LogP contribution in [0, 0.1) is 2.88 Å². The van der Waals surface area contributed by atoms with E-state index in [0.29, 0.717) is 2.88 Å². The fourth-order valence-electron chi connectivity index (χ4n) is 0.762. The smallest absolute Gasteiger partial charge is 0.422 e. The molecule has 0 unspecified atom stereocenters. The van der Waals surface area contributed by atoms with Crippen LogP contribution in [-0.4, -0.2) is 23.9 Å². The van der Waals surface area contributed by atoms with Gasteiger partial charge in [-0.1, -0.05) is 0 Å². The van der Waals surface area contributed by atoms with Gasteiger partial charge in [-0.15, -0.1) is 11.3 Å². The predicted molar refractivity (Wildman–Crippen MR) is 55.5 cm³/mol. The summed E-state index contributed by atoms with van der Waals surface area (Å²) in [6.45, 7) is -1.49. The number of carboxylic acids is 1. The molecular formula is C7H4F3IO3S. The molecule has 1 heterocycles. The van der Waals surface area contributed by atoms with Crippen LogP contribution in [0.4, 0.5) is 13.2 Å². The van der Waals surface area contributed by atoms with Crippen molar-refractivity contribution in [3.8, 4) is 5.75 Å². The highest BCUT2D eigenvalue weighted by Crippen LogP contribution is 2.31. The van der Waals surface area contributed by atoms with Crippen LogP contribution in [-0.2, 0) is 0 Å². The van der Waals surface area contributed by atoms with E-state index in [2.05, 4.69) is 4.74 Å². The highest BCUT2D eigenvalue weighted by atomic mass is 127. The summed E-state index contributed by atoms with van der Waals surface area (Å²) in [6, 6.07) is 1.26. The Balaban J connectivity index is 2.80. The molecule has 0 bridgehead atoms. The molecule has 1 aromatic heterocycles. The van der Waals surface area contributed by atoms with E-state index < -0.39 is 18.8 Å². The first-order valence-electron chi connectivity index (χ1n) is 3.52. The number of rotatable bonds is 3. The molecule has 3 nitrogen and oxygen atoms in total. The zero-order valence-corrected chi connectivity index (χ0v) is 9.94.